The fraction of sp³-hybridized carbons (Fsp3) is 0.417. The average Bonchev–Trinajstić information content (AvgIpc) is 2.66. The fourth-order valence-electron chi connectivity index (χ4n) is 1.77. The molecule has 2 rings (SSSR count). The van der Waals surface area contributed by atoms with Crippen molar-refractivity contribution in [3.05, 3.63) is 33.7 Å². The molecule has 0 amide bonds. The summed E-state index contributed by atoms with van der Waals surface area (Å²) < 4.78 is 2.11. The molecule has 0 radical (unpaired) electrons. The maximum absolute atomic E-state index is 8.98. The van der Waals surface area contributed by atoms with Gasteiger partial charge >= 0.3 is 37.7 Å². The maximum atomic E-state index is 8.98. The van der Waals surface area contributed by atoms with Crippen LogP contribution < -0.4 is 10.3 Å². The number of rotatable bonds is 4. The molecule has 0 aromatic carbocycles. The second-order valence-corrected chi connectivity index (χ2v) is 5.10. The minimum absolute atomic E-state index is 0. The summed E-state index contributed by atoms with van der Waals surface area (Å²) in [5, 5.41) is 8.98. The van der Waals surface area contributed by atoms with Crippen LogP contribution in [0.25, 0.3) is 0 Å². The normalized spacial score (nSPS) is 9.75. The molecule has 0 aliphatic heterocycles. The molecule has 0 spiro atoms. The number of nitrogen functional groups attached to an aromatic ring is 1. The Labute approximate surface area is 161 Å². The number of nitrogens with zero attached hydrogens (tertiary/aromatic N) is 3. The molecule has 2 heterocycles. The molecule has 5 nitrogen and oxygen atoms in total. The fourth-order valence-corrected chi connectivity index (χ4v) is 2.75. The molecule has 0 fully saturated rings. The van der Waals surface area contributed by atoms with Crippen LogP contribution in [0.1, 0.15) is 24.8 Å². The van der Waals surface area contributed by atoms with E-state index < -0.39 is 0 Å². The topological polar surface area (TPSA) is 75.9 Å². The Morgan fingerprint density at radius 2 is 2.15 bits per heavy atom. The van der Waals surface area contributed by atoms with Crippen molar-refractivity contribution in [2.75, 3.05) is 12.3 Å². The molecule has 0 aliphatic carbocycles. The number of halogens is 1. The van der Waals surface area contributed by atoms with Gasteiger partial charge in [-0.05, 0) is 6.92 Å². The van der Waals surface area contributed by atoms with E-state index >= 15 is 0 Å². The molecular formula is C12H20CaClN4OS+. The molecule has 0 atom stereocenters. The Morgan fingerprint density at radius 1 is 1.45 bits per heavy atom. The van der Waals surface area contributed by atoms with E-state index in [1.54, 1.807) is 17.5 Å². The van der Waals surface area contributed by atoms with Gasteiger partial charge in [0.2, 0.25) is 5.51 Å². The zero-order chi connectivity index (χ0) is 13.1. The summed E-state index contributed by atoms with van der Waals surface area (Å²) in [6.07, 6.45) is 2.47. The minimum atomic E-state index is 0. The number of anilines is 1. The first-order valence-corrected chi connectivity index (χ1v) is 6.65. The van der Waals surface area contributed by atoms with E-state index in [9.17, 15) is 0 Å². The molecule has 8 heteroatoms. The van der Waals surface area contributed by atoms with E-state index in [-0.39, 0.29) is 59.6 Å². The van der Waals surface area contributed by atoms with E-state index in [0.717, 1.165) is 11.3 Å². The van der Waals surface area contributed by atoms with Gasteiger partial charge in [0.15, 0.2) is 12.2 Å². The van der Waals surface area contributed by atoms with Crippen molar-refractivity contribution in [3.63, 3.8) is 0 Å². The molecular weight excluding hydrogens is 324 g/mol. The van der Waals surface area contributed by atoms with E-state index in [0.29, 0.717) is 24.6 Å². The maximum Gasteiger partial charge on any atom is 2.00 e. The number of aliphatic hydroxyl groups excluding tert-OH is 1. The van der Waals surface area contributed by atoms with Gasteiger partial charge in [0.05, 0.1) is 10.4 Å². The van der Waals surface area contributed by atoms with Gasteiger partial charge in [-0.25, -0.2) is 9.97 Å². The van der Waals surface area contributed by atoms with Gasteiger partial charge < -0.3 is 13.7 Å². The number of nitrogens with two attached hydrogens (primary N) is 1. The van der Waals surface area contributed by atoms with Crippen LogP contribution >= 0.6 is 23.7 Å². The second-order valence-electron chi connectivity index (χ2n) is 4.16. The Morgan fingerprint density at radius 3 is 2.75 bits per heavy atom. The molecule has 0 saturated carbocycles. The summed E-state index contributed by atoms with van der Waals surface area (Å²) in [6.45, 7) is 4.71. The molecule has 108 valence electrons. The zero-order valence-electron chi connectivity index (χ0n) is 13.7. The van der Waals surface area contributed by atoms with E-state index in [1.807, 2.05) is 19.4 Å². The van der Waals surface area contributed by atoms with Crippen molar-refractivity contribution in [2.45, 2.75) is 26.8 Å². The van der Waals surface area contributed by atoms with Crippen molar-refractivity contribution in [1.29, 1.82) is 0 Å². The van der Waals surface area contributed by atoms with Gasteiger partial charge in [-0.1, -0.05) is 11.3 Å². The largest absolute Gasteiger partial charge is 2.00 e. The molecule has 0 aliphatic rings. The van der Waals surface area contributed by atoms with Gasteiger partial charge in [-0.2, -0.15) is 4.57 Å². The van der Waals surface area contributed by atoms with Crippen LogP contribution in [0.15, 0.2) is 11.7 Å². The van der Waals surface area contributed by atoms with Gasteiger partial charge in [0.1, 0.15) is 11.6 Å². The summed E-state index contributed by atoms with van der Waals surface area (Å²) >= 11 is 1.65. The summed E-state index contributed by atoms with van der Waals surface area (Å²) in [7, 11) is 0. The van der Waals surface area contributed by atoms with Gasteiger partial charge in [-0.3, -0.25) is 0 Å². The minimum Gasteiger partial charge on any atom is -1.00 e. The Balaban J connectivity index is -0.000000902. The van der Waals surface area contributed by atoms with Crippen LogP contribution in [-0.2, 0) is 13.0 Å². The monoisotopic (exact) mass is 343 g/mol. The zero-order valence-corrected chi connectivity index (χ0v) is 15.5. The number of hydrogen-bond acceptors (Lipinski definition) is 5. The van der Waals surface area contributed by atoms with Crippen molar-refractivity contribution in [2.24, 2.45) is 0 Å². The number of aromatic nitrogens is 3. The smallest absolute Gasteiger partial charge is 1.00 e. The molecule has 0 unspecified atom stereocenters. The van der Waals surface area contributed by atoms with E-state index in [4.69, 9.17) is 10.8 Å². The molecule has 3 N–H and O–H groups in total. The van der Waals surface area contributed by atoms with Gasteiger partial charge in [0.25, 0.3) is 0 Å². The Hall–Kier alpha value is 0.0197. The van der Waals surface area contributed by atoms with Crippen LogP contribution in [-0.4, -0.2) is 59.4 Å². The second kappa shape index (κ2) is 9.12. The van der Waals surface area contributed by atoms with Gasteiger partial charge in [0, 0.05) is 26.1 Å². The predicted octanol–water partition coefficient (Wildman–Crippen LogP) is 0.874. The van der Waals surface area contributed by atoms with Crippen LogP contribution in [0.3, 0.4) is 0 Å². The van der Waals surface area contributed by atoms with Crippen molar-refractivity contribution >= 4 is 67.3 Å². The van der Waals surface area contributed by atoms with E-state index in [1.165, 1.54) is 4.88 Å². The molecule has 0 bridgehead atoms. The van der Waals surface area contributed by atoms with Crippen LogP contribution in [0.5, 0.6) is 0 Å². The summed E-state index contributed by atoms with van der Waals surface area (Å²) in [6, 6.07) is 0. The number of thiazole rings is 1. The summed E-state index contributed by atoms with van der Waals surface area (Å²) in [5.74, 6) is 1.22. The van der Waals surface area contributed by atoms with E-state index in [2.05, 4.69) is 14.5 Å². The SMILES string of the molecule is Cc1ncc(C[n+]2csc(CCO)c2C)c(N)n1.Cl.[Ca+2].[H-].[H-]. The third-order valence-corrected chi connectivity index (χ3v) is 4.00. The third-order valence-electron chi connectivity index (χ3n) is 2.85. The quantitative estimate of drug-likeness (QED) is 0.638. The summed E-state index contributed by atoms with van der Waals surface area (Å²) in [5.41, 5.74) is 10.0. The van der Waals surface area contributed by atoms with Gasteiger partial charge in [-0.15, -0.1) is 12.4 Å². The van der Waals surface area contributed by atoms with Crippen molar-refractivity contribution < 1.29 is 12.5 Å². The Bertz CT molecular complexity index is 574. The van der Waals surface area contributed by atoms with Crippen LogP contribution in [0.2, 0.25) is 0 Å². The molecule has 2 aromatic rings. The number of aryl methyl sites for hydroxylation is 1. The van der Waals surface area contributed by atoms with Crippen LogP contribution in [0.4, 0.5) is 5.82 Å². The molecule has 20 heavy (non-hydrogen) atoms. The number of hydrogen-bond donors (Lipinski definition) is 2. The Kier molecular flexibility index (Phi) is 9.13. The van der Waals surface area contributed by atoms with Crippen LogP contribution in [0, 0.1) is 13.8 Å². The standard InChI is InChI=1S/C12H17N4OS.Ca.ClH.2H/c1-8-11(3-4-17)18-7-16(8)6-10-5-14-9(2)15-12(10)13;;;;/h5,7,17H,3-4,6H2,1-2H3,(H2,13,14,15);;1H;;/q+1;+2;;2*-1. The first-order chi connectivity index (χ1) is 8.61. The number of aliphatic hydroxyl groups is 1. The van der Waals surface area contributed by atoms with Crippen molar-refractivity contribution in [3.8, 4) is 0 Å². The van der Waals surface area contributed by atoms with Crippen molar-refractivity contribution in [1.82, 2.24) is 9.97 Å². The third kappa shape index (κ3) is 4.79. The molecule has 0 saturated heterocycles. The predicted molar refractivity (Wildman–Crippen MR) is 85.6 cm³/mol. The first-order valence-electron chi connectivity index (χ1n) is 5.77. The first kappa shape index (κ1) is 20.0. The average molecular weight is 344 g/mol. The molecule has 2 aromatic heterocycles. The summed E-state index contributed by atoms with van der Waals surface area (Å²) in [4.78, 5) is 9.53.